The second-order valence-electron chi connectivity index (χ2n) is 8.22. The van der Waals surface area contributed by atoms with Crippen molar-refractivity contribution < 1.29 is 9.53 Å². The quantitative estimate of drug-likeness (QED) is 0.609. The van der Waals surface area contributed by atoms with Gasteiger partial charge < -0.3 is 15.0 Å². The Morgan fingerprint density at radius 2 is 2.09 bits per heavy atom. The van der Waals surface area contributed by atoms with E-state index in [4.69, 9.17) is 4.74 Å². The van der Waals surface area contributed by atoms with E-state index in [2.05, 4.69) is 31.6 Å². The molecule has 11 heteroatoms. The average molecular weight is 450 g/mol. The summed E-state index contributed by atoms with van der Waals surface area (Å²) in [6.45, 7) is 7.20. The van der Waals surface area contributed by atoms with Crippen LogP contribution in [0.2, 0.25) is 0 Å². The third-order valence-electron chi connectivity index (χ3n) is 5.58. The number of nitrogens with one attached hydrogen (secondary N) is 1. The molecule has 1 aliphatic heterocycles. The van der Waals surface area contributed by atoms with E-state index in [-0.39, 0.29) is 18.2 Å². The van der Waals surface area contributed by atoms with Gasteiger partial charge >= 0.3 is 6.09 Å². The van der Waals surface area contributed by atoms with Crippen LogP contribution < -0.4 is 5.32 Å². The number of amides is 1. The summed E-state index contributed by atoms with van der Waals surface area (Å²) in [4.78, 5) is 22.3. The van der Waals surface area contributed by atoms with Crippen LogP contribution in [0.25, 0.3) is 5.82 Å². The van der Waals surface area contributed by atoms with Gasteiger partial charge in [-0.25, -0.2) is 19.4 Å². The summed E-state index contributed by atoms with van der Waals surface area (Å²) in [5.41, 5.74) is 3.04. The van der Waals surface area contributed by atoms with Crippen LogP contribution in [-0.4, -0.2) is 59.7 Å². The van der Waals surface area contributed by atoms with Crippen LogP contribution in [0.3, 0.4) is 0 Å². The predicted molar refractivity (Wildman–Crippen MR) is 120 cm³/mol. The van der Waals surface area contributed by atoms with E-state index in [1.165, 1.54) is 6.33 Å². The number of anilines is 1. The second-order valence-corrected chi connectivity index (χ2v) is 8.22. The number of aromatic nitrogens is 6. The summed E-state index contributed by atoms with van der Waals surface area (Å²) in [6, 6.07) is 6.16. The summed E-state index contributed by atoms with van der Waals surface area (Å²) in [5, 5.41) is 21.7. The van der Waals surface area contributed by atoms with Gasteiger partial charge in [-0.1, -0.05) is 0 Å². The first-order chi connectivity index (χ1) is 16.0. The average Bonchev–Trinajstić information content (AvgIpc) is 3.48. The number of pyridine rings is 1. The SMILES string of the molecule is Cc1nc(-n2cncn2)ccc1NCc1cnn(C2CCN(C(=O)OC(C)C)CC2)c1C#N. The predicted octanol–water partition coefficient (Wildman–Crippen LogP) is 2.83. The molecule has 0 saturated carbocycles. The maximum atomic E-state index is 12.1. The van der Waals surface area contributed by atoms with Crippen molar-refractivity contribution in [1.82, 2.24) is 34.4 Å². The van der Waals surface area contributed by atoms with Crippen molar-refractivity contribution in [2.75, 3.05) is 18.4 Å². The Kier molecular flexibility index (Phi) is 6.53. The van der Waals surface area contributed by atoms with Crippen molar-refractivity contribution in [1.29, 1.82) is 5.26 Å². The lowest BCUT2D eigenvalue weighted by Gasteiger charge is -2.32. The van der Waals surface area contributed by atoms with E-state index in [0.29, 0.717) is 31.1 Å². The molecule has 0 unspecified atom stereocenters. The van der Waals surface area contributed by atoms with Crippen LogP contribution in [0, 0.1) is 18.3 Å². The Morgan fingerprint density at radius 3 is 2.73 bits per heavy atom. The number of ether oxygens (including phenoxy) is 1. The zero-order chi connectivity index (χ0) is 23.4. The number of likely N-dealkylation sites (tertiary alicyclic amines) is 1. The maximum Gasteiger partial charge on any atom is 0.410 e. The van der Waals surface area contributed by atoms with Crippen LogP contribution >= 0.6 is 0 Å². The molecule has 1 aliphatic rings. The Bertz CT molecular complexity index is 1140. The number of carbonyl (C=O) groups is 1. The molecular weight excluding hydrogens is 422 g/mol. The highest BCUT2D eigenvalue weighted by molar-refractivity contribution is 5.67. The molecular formula is C22H27N9O2. The van der Waals surface area contributed by atoms with E-state index >= 15 is 0 Å². The molecule has 0 bridgehead atoms. The van der Waals surface area contributed by atoms with Crippen molar-refractivity contribution >= 4 is 11.8 Å². The second kappa shape index (κ2) is 9.68. The van der Waals surface area contributed by atoms with Crippen molar-refractivity contribution in [3.8, 4) is 11.9 Å². The third-order valence-corrected chi connectivity index (χ3v) is 5.58. The first kappa shape index (κ1) is 22.3. The van der Waals surface area contributed by atoms with Gasteiger partial charge in [-0.3, -0.25) is 4.68 Å². The fraction of sp³-hybridized carbons (Fsp3) is 0.455. The molecule has 0 aromatic carbocycles. The van der Waals surface area contributed by atoms with Crippen LogP contribution in [-0.2, 0) is 11.3 Å². The van der Waals surface area contributed by atoms with E-state index in [1.54, 1.807) is 26.8 Å². The monoisotopic (exact) mass is 449 g/mol. The topological polar surface area (TPSA) is 127 Å². The van der Waals surface area contributed by atoms with E-state index in [0.717, 1.165) is 29.8 Å². The smallest absolute Gasteiger partial charge is 0.410 e. The van der Waals surface area contributed by atoms with Crippen molar-refractivity contribution in [2.45, 2.75) is 52.3 Å². The van der Waals surface area contributed by atoms with Gasteiger partial charge in [-0.05, 0) is 45.7 Å². The van der Waals surface area contributed by atoms with Crippen LogP contribution in [0.1, 0.15) is 49.7 Å². The summed E-state index contributed by atoms with van der Waals surface area (Å²) in [5.74, 6) is 0.685. The van der Waals surface area contributed by atoms with E-state index in [1.807, 2.05) is 32.9 Å². The lowest BCUT2D eigenvalue weighted by Crippen LogP contribution is -2.40. The number of aryl methyl sites for hydroxylation is 1. The fourth-order valence-corrected chi connectivity index (χ4v) is 3.88. The molecule has 0 atom stereocenters. The molecule has 3 aromatic heterocycles. The Balaban J connectivity index is 1.40. The maximum absolute atomic E-state index is 12.1. The van der Waals surface area contributed by atoms with Gasteiger partial charge in [0, 0.05) is 25.2 Å². The number of piperidine rings is 1. The lowest BCUT2D eigenvalue weighted by molar-refractivity contribution is 0.0652. The van der Waals surface area contributed by atoms with Gasteiger partial charge in [-0.15, -0.1) is 0 Å². The van der Waals surface area contributed by atoms with E-state index in [9.17, 15) is 10.1 Å². The molecule has 172 valence electrons. The van der Waals surface area contributed by atoms with Gasteiger partial charge in [0.2, 0.25) is 0 Å². The molecule has 11 nitrogen and oxygen atoms in total. The van der Waals surface area contributed by atoms with Gasteiger partial charge in [0.1, 0.15) is 24.4 Å². The molecule has 4 rings (SSSR count). The Hall–Kier alpha value is -3.94. The van der Waals surface area contributed by atoms with E-state index < -0.39 is 0 Å². The summed E-state index contributed by atoms with van der Waals surface area (Å²) < 4.78 is 8.67. The molecule has 1 saturated heterocycles. The molecule has 4 heterocycles. The highest BCUT2D eigenvalue weighted by atomic mass is 16.6. The molecule has 1 amide bonds. The molecule has 0 radical (unpaired) electrons. The number of nitrogens with zero attached hydrogens (tertiary/aromatic N) is 8. The summed E-state index contributed by atoms with van der Waals surface area (Å²) >= 11 is 0. The van der Waals surface area contributed by atoms with Crippen LogP contribution in [0.15, 0.2) is 31.0 Å². The standard InChI is InChI=1S/C22H27N9O2/c1-15(2)33-22(32)29-8-6-18(7-9-29)31-20(10-23)17(12-26-31)11-25-19-4-5-21(28-16(19)3)30-14-24-13-27-30/h4-5,12-15,18,25H,6-9,11H2,1-3H3. The zero-order valence-electron chi connectivity index (χ0n) is 19.0. The Morgan fingerprint density at radius 1 is 1.30 bits per heavy atom. The highest BCUT2D eigenvalue weighted by Gasteiger charge is 2.27. The minimum Gasteiger partial charge on any atom is -0.447 e. The van der Waals surface area contributed by atoms with Gasteiger partial charge in [0.15, 0.2) is 5.82 Å². The number of nitriles is 1. The molecule has 0 aliphatic carbocycles. The van der Waals surface area contributed by atoms with Gasteiger partial charge in [-0.2, -0.15) is 15.5 Å². The normalized spacial score (nSPS) is 14.3. The minimum absolute atomic E-state index is 0.0712. The Labute approximate surface area is 192 Å². The number of hydrogen-bond acceptors (Lipinski definition) is 8. The van der Waals surface area contributed by atoms with Crippen molar-refractivity contribution in [3.05, 3.63) is 47.9 Å². The largest absolute Gasteiger partial charge is 0.447 e. The molecule has 0 spiro atoms. The number of rotatable bonds is 6. The van der Waals surface area contributed by atoms with Crippen LogP contribution in [0.5, 0.6) is 0 Å². The highest BCUT2D eigenvalue weighted by Crippen LogP contribution is 2.26. The molecule has 1 fully saturated rings. The van der Waals surface area contributed by atoms with Crippen molar-refractivity contribution in [2.24, 2.45) is 0 Å². The lowest BCUT2D eigenvalue weighted by atomic mass is 10.1. The minimum atomic E-state index is -0.284. The molecule has 3 aromatic rings. The number of carbonyl (C=O) groups excluding carboxylic acids is 1. The van der Waals surface area contributed by atoms with Crippen LogP contribution in [0.4, 0.5) is 10.5 Å². The van der Waals surface area contributed by atoms with Gasteiger partial charge in [0.25, 0.3) is 0 Å². The molecule has 33 heavy (non-hydrogen) atoms. The summed E-state index contributed by atoms with van der Waals surface area (Å²) in [6.07, 6.45) is 5.82. The number of hydrogen-bond donors (Lipinski definition) is 1. The first-order valence-electron chi connectivity index (χ1n) is 10.9. The summed E-state index contributed by atoms with van der Waals surface area (Å²) in [7, 11) is 0. The first-order valence-corrected chi connectivity index (χ1v) is 10.9. The zero-order valence-corrected chi connectivity index (χ0v) is 19.0. The fourth-order valence-electron chi connectivity index (χ4n) is 3.88. The third kappa shape index (κ3) is 4.95. The van der Waals surface area contributed by atoms with Gasteiger partial charge in [0.05, 0.1) is 29.7 Å². The molecule has 1 N–H and O–H groups in total. The van der Waals surface area contributed by atoms with Crippen molar-refractivity contribution in [3.63, 3.8) is 0 Å².